The van der Waals surface area contributed by atoms with Crippen LogP contribution in [-0.4, -0.2) is 12.6 Å². The fourth-order valence-electron chi connectivity index (χ4n) is 2.12. The Morgan fingerprint density at radius 3 is 1.22 bits per heavy atom. The Hall–Kier alpha value is -0.480. The highest BCUT2D eigenvalue weighted by Crippen LogP contribution is 2.40. The van der Waals surface area contributed by atoms with Crippen molar-refractivity contribution in [2.45, 2.75) is 39.5 Å². The van der Waals surface area contributed by atoms with Gasteiger partial charge in [-0.25, -0.2) is 0 Å². The first-order chi connectivity index (χ1) is 8.36. The van der Waals surface area contributed by atoms with Gasteiger partial charge < -0.3 is 0 Å². The average Bonchev–Trinajstić information content (AvgIpc) is 2.29. The molecule has 0 spiro atoms. The molecule has 98 valence electrons. The summed E-state index contributed by atoms with van der Waals surface area (Å²) in [5, 5.41) is 0. The first-order valence-corrected chi connectivity index (χ1v) is 7.40. The third-order valence-corrected chi connectivity index (χ3v) is 4.63. The first kappa shape index (κ1) is 15.6. The van der Waals surface area contributed by atoms with Crippen molar-refractivity contribution in [2.75, 3.05) is 0 Å². The maximum Gasteiger partial charge on any atom is 0.151 e. The van der Waals surface area contributed by atoms with Gasteiger partial charge in [0.2, 0.25) is 0 Å². The van der Waals surface area contributed by atoms with E-state index in [0.29, 0.717) is 11.1 Å². The number of carbonyl (C=O) groups is 2. The predicted molar refractivity (Wildman–Crippen MR) is 80.8 cm³/mol. The lowest BCUT2D eigenvalue weighted by Gasteiger charge is -2.21. The largest absolute Gasteiger partial charge is 0.298 e. The summed E-state index contributed by atoms with van der Waals surface area (Å²) in [6.07, 6.45) is 1.70. The number of hydrogen-bond donors (Lipinski definition) is 0. The number of hydrogen-bond acceptors (Lipinski definition) is 2. The van der Waals surface area contributed by atoms with Crippen molar-refractivity contribution in [1.29, 1.82) is 0 Å². The van der Waals surface area contributed by atoms with Gasteiger partial charge in [-0.2, -0.15) is 0 Å². The maximum atomic E-state index is 11.3. The van der Waals surface area contributed by atoms with Crippen molar-refractivity contribution in [1.82, 2.24) is 0 Å². The summed E-state index contributed by atoms with van der Waals surface area (Å²) in [5.41, 5.74) is 3.02. The molecule has 0 amide bonds. The minimum atomic E-state index is 0.163. The number of halogens is 2. The molecule has 0 fully saturated rings. The Labute approximate surface area is 124 Å². The van der Waals surface area contributed by atoms with E-state index < -0.39 is 0 Å². The van der Waals surface area contributed by atoms with E-state index in [-0.39, 0.29) is 11.8 Å². The summed E-state index contributed by atoms with van der Waals surface area (Å²) < 4.78 is 1.48. The topological polar surface area (TPSA) is 34.1 Å². The Morgan fingerprint density at radius 1 is 0.778 bits per heavy atom. The maximum absolute atomic E-state index is 11.3. The van der Waals surface area contributed by atoms with Gasteiger partial charge in [0.1, 0.15) is 0 Å². The second-order valence-electron chi connectivity index (χ2n) is 4.83. The lowest BCUT2D eigenvalue weighted by atomic mass is 9.89. The van der Waals surface area contributed by atoms with Gasteiger partial charge in [-0.3, -0.25) is 9.59 Å². The van der Waals surface area contributed by atoms with Crippen LogP contribution in [0.15, 0.2) is 8.95 Å². The molecule has 0 N–H and O–H groups in total. The highest BCUT2D eigenvalue weighted by Gasteiger charge is 2.23. The molecule has 0 bridgehead atoms. The molecule has 4 heteroatoms. The molecule has 0 aliphatic heterocycles. The van der Waals surface area contributed by atoms with Crippen LogP contribution in [0.5, 0.6) is 0 Å². The van der Waals surface area contributed by atoms with Gasteiger partial charge >= 0.3 is 0 Å². The van der Waals surface area contributed by atoms with Crippen molar-refractivity contribution in [3.05, 3.63) is 31.2 Å². The van der Waals surface area contributed by atoms with Crippen LogP contribution in [0, 0.1) is 0 Å². The van der Waals surface area contributed by atoms with Crippen LogP contribution >= 0.6 is 31.9 Å². The van der Waals surface area contributed by atoms with Crippen molar-refractivity contribution in [2.24, 2.45) is 0 Å². The van der Waals surface area contributed by atoms with Crippen LogP contribution in [0.25, 0.3) is 0 Å². The van der Waals surface area contributed by atoms with Gasteiger partial charge in [0.25, 0.3) is 0 Å². The Morgan fingerprint density at radius 2 is 1.06 bits per heavy atom. The van der Waals surface area contributed by atoms with E-state index in [1.807, 2.05) is 27.7 Å². The SMILES string of the molecule is CC(C)c1c(Br)c(C=O)c(C(C)C)c(Br)c1C=O. The summed E-state index contributed by atoms with van der Waals surface area (Å²) >= 11 is 6.95. The van der Waals surface area contributed by atoms with E-state index in [4.69, 9.17) is 0 Å². The predicted octanol–water partition coefficient (Wildman–Crippen LogP) is 5.08. The third kappa shape index (κ3) is 2.59. The quantitative estimate of drug-likeness (QED) is 0.687. The van der Waals surface area contributed by atoms with Crippen LogP contribution in [0.2, 0.25) is 0 Å². The number of aldehydes is 2. The molecule has 0 saturated carbocycles. The molecule has 1 aromatic rings. The fourth-order valence-corrected chi connectivity index (χ4v) is 4.08. The smallest absolute Gasteiger partial charge is 0.151 e. The zero-order valence-corrected chi connectivity index (χ0v) is 14.1. The van der Waals surface area contributed by atoms with Crippen LogP contribution in [-0.2, 0) is 0 Å². The molecule has 0 radical (unpaired) electrons. The molecule has 0 aliphatic rings. The molecule has 2 nitrogen and oxygen atoms in total. The van der Waals surface area contributed by atoms with Gasteiger partial charge in [-0.1, -0.05) is 27.7 Å². The van der Waals surface area contributed by atoms with E-state index in [1.54, 1.807) is 0 Å². The molecular formula is C14H16Br2O2. The van der Waals surface area contributed by atoms with Crippen molar-refractivity contribution < 1.29 is 9.59 Å². The van der Waals surface area contributed by atoms with E-state index in [9.17, 15) is 9.59 Å². The third-order valence-electron chi connectivity index (χ3n) is 2.92. The zero-order valence-electron chi connectivity index (χ0n) is 10.9. The average molecular weight is 376 g/mol. The van der Waals surface area contributed by atoms with Gasteiger partial charge in [0.05, 0.1) is 0 Å². The minimum absolute atomic E-state index is 0.163. The van der Waals surface area contributed by atoms with Crippen LogP contribution in [0.4, 0.5) is 0 Å². The minimum Gasteiger partial charge on any atom is -0.298 e. The van der Waals surface area contributed by atoms with Gasteiger partial charge in [-0.15, -0.1) is 0 Å². The monoisotopic (exact) mass is 374 g/mol. The summed E-state index contributed by atoms with van der Waals surface area (Å²) in [4.78, 5) is 22.7. The second kappa shape index (κ2) is 6.11. The highest BCUT2D eigenvalue weighted by molar-refractivity contribution is 9.11. The molecular weight excluding hydrogens is 360 g/mol. The zero-order chi connectivity index (χ0) is 14.0. The standard InChI is InChI=1S/C14H16Br2O2/c1-7(2)11-9(5-17)14(16)12(8(3)4)10(6-18)13(11)15/h5-8H,1-4H3. The molecule has 0 saturated heterocycles. The lowest BCUT2D eigenvalue weighted by Crippen LogP contribution is -2.08. The van der Waals surface area contributed by atoms with E-state index in [1.165, 1.54) is 0 Å². The summed E-state index contributed by atoms with van der Waals surface area (Å²) in [5.74, 6) is 0.326. The normalized spacial score (nSPS) is 11.1. The Kier molecular flexibility index (Phi) is 5.29. The van der Waals surface area contributed by atoms with E-state index in [2.05, 4.69) is 31.9 Å². The van der Waals surface area contributed by atoms with Crippen molar-refractivity contribution in [3.8, 4) is 0 Å². The molecule has 0 aromatic heterocycles. The molecule has 18 heavy (non-hydrogen) atoms. The summed E-state index contributed by atoms with van der Waals surface area (Å²) in [6.45, 7) is 8.01. The van der Waals surface area contributed by atoms with Crippen LogP contribution in [0.1, 0.15) is 71.4 Å². The fraction of sp³-hybridized carbons (Fsp3) is 0.429. The second-order valence-corrected chi connectivity index (χ2v) is 6.41. The van der Waals surface area contributed by atoms with Crippen molar-refractivity contribution in [3.63, 3.8) is 0 Å². The molecule has 1 rings (SSSR count). The molecule has 0 heterocycles. The Balaban J connectivity index is 3.85. The molecule has 0 unspecified atom stereocenters. The van der Waals surface area contributed by atoms with Crippen LogP contribution < -0.4 is 0 Å². The van der Waals surface area contributed by atoms with Gasteiger partial charge in [0.15, 0.2) is 12.6 Å². The number of benzene rings is 1. The summed E-state index contributed by atoms with van der Waals surface area (Å²) in [7, 11) is 0. The van der Waals surface area contributed by atoms with E-state index in [0.717, 1.165) is 32.6 Å². The highest BCUT2D eigenvalue weighted by atomic mass is 79.9. The van der Waals surface area contributed by atoms with Gasteiger partial charge in [-0.05, 0) is 54.8 Å². The molecule has 0 aliphatic carbocycles. The van der Waals surface area contributed by atoms with Gasteiger partial charge in [0, 0.05) is 20.1 Å². The number of carbonyl (C=O) groups excluding carboxylic acids is 2. The summed E-state index contributed by atoms with van der Waals surface area (Å²) in [6, 6.07) is 0. The number of rotatable bonds is 4. The molecule has 1 aromatic carbocycles. The molecule has 0 atom stereocenters. The van der Waals surface area contributed by atoms with E-state index >= 15 is 0 Å². The first-order valence-electron chi connectivity index (χ1n) is 5.81. The van der Waals surface area contributed by atoms with Crippen molar-refractivity contribution >= 4 is 44.4 Å². The lowest BCUT2D eigenvalue weighted by molar-refractivity contribution is 0.110. The Bertz CT molecular complexity index is 446. The van der Waals surface area contributed by atoms with Crippen LogP contribution in [0.3, 0.4) is 0 Å².